The Balaban J connectivity index is 5.31. The monoisotopic (exact) mass is 492 g/mol. The third-order valence-electron chi connectivity index (χ3n) is 5.09. The first kappa shape index (κ1) is 25.9. The average molecular weight is 491 g/mol. The molecule has 0 bridgehead atoms. The van der Waals surface area contributed by atoms with Crippen LogP contribution in [0.1, 0.15) is 79.6 Å². The van der Waals surface area contributed by atoms with Crippen molar-refractivity contribution >= 4 is 35.8 Å². The third kappa shape index (κ3) is 12.1. The van der Waals surface area contributed by atoms with Gasteiger partial charge in [0, 0.05) is 0 Å². The van der Waals surface area contributed by atoms with Gasteiger partial charge in [-0.25, -0.2) is 0 Å². The molecule has 1 nitrogen and oxygen atoms in total. The maximum absolute atomic E-state index is 6.08. The van der Waals surface area contributed by atoms with Crippen LogP contribution in [0.25, 0.3) is 0 Å². The van der Waals surface area contributed by atoms with Crippen LogP contribution in [0.15, 0.2) is 10.2 Å². The van der Waals surface area contributed by atoms with Gasteiger partial charge in [0.1, 0.15) is 0 Å². The fourth-order valence-corrected chi connectivity index (χ4v) is 18.6. The summed E-state index contributed by atoms with van der Waals surface area (Å²) in [5, 5.41) is 0. The summed E-state index contributed by atoms with van der Waals surface area (Å²) in [5.41, 5.74) is 0. The zero-order valence-electron chi connectivity index (χ0n) is 17.4. The third-order valence-corrected chi connectivity index (χ3v) is 20.0. The molecule has 2 unspecified atom stereocenters. The normalized spacial score (nSPS) is 14.8. The molecule has 0 N–H and O–H groups in total. The predicted molar refractivity (Wildman–Crippen MR) is 124 cm³/mol. The van der Waals surface area contributed by atoms with Gasteiger partial charge in [0.25, 0.3) is 0 Å². The Morgan fingerprint density at radius 2 is 1.56 bits per heavy atom. The van der Waals surface area contributed by atoms with E-state index < -0.39 is 18.4 Å². The van der Waals surface area contributed by atoms with Gasteiger partial charge in [-0.2, -0.15) is 0 Å². The van der Waals surface area contributed by atoms with E-state index >= 15 is 0 Å². The Labute approximate surface area is 166 Å². The van der Waals surface area contributed by atoms with Crippen molar-refractivity contribution in [1.29, 1.82) is 0 Å². The van der Waals surface area contributed by atoms with Crippen LogP contribution >= 0.6 is 17.4 Å². The maximum atomic E-state index is 6.08. The molecule has 0 amide bonds. The molecule has 0 heterocycles. The summed E-state index contributed by atoms with van der Waals surface area (Å²) in [6.45, 7) is 11.2. The van der Waals surface area contributed by atoms with Crippen molar-refractivity contribution in [3.63, 3.8) is 0 Å². The summed E-state index contributed by atoms with van der Waals surface area (Å²) in [6, 6.07) is 0. The molecule has 0 spiro atoms. The van der Waals surface area contributed by atoms with Gasteiger partial charge in [0.05, 0.1) is 0 Å². The van der Waals surface area contributed by atoms with Crippen LogP contribution in [-0.2, 0) is 4.52 Å². The minimum atomic E-state index is -2.19. The average Bonchev–Trinajstić information content (AvgIpc) is 2.63. The topological polar surface area (TPSA) is 9.23 Å². The zero-order chi connectivity index (χ0) is 19.0. The van der Waals surface area contributed by atoms with Crippen molar-refractivity contribution in [1.82, 2.24) is 0 Å². The van der Waals surface area contributed by atoms with Gasteiger partial charge in [-0.05, 0) is 0 Å². The molecule has 0 aromatic rings. The van der Waals surface area contributed by atoms with Crippen molar-refractivity contribution in [3.05, 3.63) is 10.2 Å². The van der Waals surface area contributed by atoms with E-state index in [1.807, 2.05) is 6.92 Å². The Bertz CT molecular complexity index is 379. The summed E-state index contributed by atoms with van der Waals surface area (Å²) in [6.07, 6.45) is 11.9. The Hall–Kier alpha value is 0.919. The second-order valence-electron chi connectivity index (χ2n) is 7.34. The van der Waals surface area contributed by atoms with E-state index in [9.17, 15) is 0 Å². The molecule has 4 heteroatoms. The predicted octanol–water partition coefficient (Wildman–Crippen LogP) is 7.75. The molecule has 0 rings (SSSR count). The van der Waals surface area contributed by atoms with Crippen molar-refractivity contribution in [2.45, 2.75) is 99.0 Å². The molecule has 0 saturated heterocycles. The van der Waals surface area contributed by atoms with E-state index in [2.05, 4.69) is 58.6 Å². The van der Waals surface area contributed by atoms with Gasteiger partial charge in [-0.15, -0.1) is 0 Å². The second kappa shape index (κ2) is 17.0. The molecular weight excluding hydrogens is 449 g/mol. The first-order valence-electron chi connectivity index (χ1n) is 10.3. The molecule has 0 radical (unpaired) electrons. The number of unbranched alkanes of at least 4 members (excludes halogenated alkanes) is 3. The minimum absolute atomic E-state index is 0.234. The summed E-state index contributed by atoms with van der Waals surface area (Å²) in [7, 11) is 3.21. The van der Waals surface area contributed by atoms with E-state index in [0.29, 0.717) is 14.4 Å². The van der Waals surface area contributed by atoms with Crippen LogP contribution in [-0.4, -0.2) is 24.5 Å². The molecule has 4 atom stereocenters. The van der Waals surface area contributed by atoms with Crippen molar-refractivity contribution in [2.75, 3.05) is 0 Å². The second-order valence-corrected chi connectivity index (χ2v) is 21.5. The Morgan fingerprint density at radius 1 is 1.04 bits per heavy atom. The number of hydrogen-bond acceptors (Lipinski definition) is 1. The van der Waals surface area contributed by atoms with Crippen molar-refractivity contribution in [2.24, 2.45) is 5.92 Å². The van der Waals surface area contributed by atoms with Crippen molar-refractivity contribution < 1.29 is 4.52 Å². The fraction of sp³-hybridized carbons (Fsp3) is 0.810. The fourth-order valence-electron chi connectivity index (χ4n) is 3.31. The van der Waals surface area contributed by atoms with Gasteiger partial charge in [0.2, 0.25) is 0 Å². The Kier molecular flexibility index (Phi) is 17.7. The van der Waals surface area contributed by atoms with Crippen LogP contribution in [0.5, 0.6) is 0 Å². The van der Waals surface area contributed by atoms with Gasteiger partial charge >= 0.3 is 167 Å². The van der Waals surface area contributed by atoms with Crippen LogP contribution in [0, 0.1) is 17.8 Å². The summed E-state index contributed by atoms with van der Waals surface area (Å²) < 4.78 is 13.4. The molecule has 0 saturated carbocycles. The molecule has 0 aromatic carbocycles. The van der Waals surface area contributed by atoms with E-state index in [1.165, 1.54) is 51.8 Å². The van der Waals surface area contributed by atoms with Crippen LogP contribution in [0.3, 0.4) is 0 Å². The molecule has 0 aliphatic heterocycles. The zero-order valence-corrected chi connectivity index (χ0v) is 22.4. The summed E-state index contributed by atoms with van der Waals surface area (Å²) >= 11 is -2.19. The molecule has 0 fully saturated rings. The first-order chi connectivity index (χ1) is 12.1. The standard InChI is InChI=1S/C9H15OP2.3C4H9.Sn/c1-4-6-7-8(3)9(5-2)10-12-11;3*1-3-4-2;/h2,5,8-9,12H,7,11H2,1,3H3;3*1,3-4H2,2H3;/t8-,9+;;;;/m0..../s1. The van der Waals surface area contributed by atoms with Gasteiger partial charge in [-0.3, -0.25) is 0 Å². The van der Waals surface area contributed by atoms with Crippen LogP contribution in [0.4, 0.5) is 0 Å². The molecular formula is C21H42OP2Sn. The quantitative estimate of drug-likeness (QED) is 0.129. The number of rotatable bonds is 15. The van der Waals surface area contributed by atoms with E-state index in [-0.39, 0.29) is 6.10 Å². The van der Waals surface area contributed by atoms with Gasteiger partial charge < -0.3 is 0 Å². The molecule has 0 aromatic heterocycles. The van der Waals surface area contributed by atoms with Gasteiger partial charge in [-0.1, -0.05) is 0 Å². The van der Waals surface area contributed by atoms with Crippen LogP contribution < -0.4 is 0 Å². The molecule has 146 valence electrons. The molecule has 0 aliphatic rings. The first-order valence-corrected chi connectivity index (χ1v) is 20.7. The van der Waals surface area contributed by atoms with E-state index in [0.717, 1.165) is 6.42 Å². The molecule has 0 aliphatic carbocycles. The van der Waals surface area contributed by atoms with E-state index in [4.69, 9.17) is 4.52 Å². The van der Waals surface area contributed by atoms with Crippen molar-refractivity contribution in [3.8, 4) is 11.8 Å². The summed E-state index contributed by atoms with van der Waals surface area (Å²) in [5.74, 6) is 6.74. The molecule has 25 heavy (non-hydrogen) atoms. The van der Waals surface area contributed by atoms with Crippen LogP contribution in [0.2, 0.25) is 13.3 Å². The van der Waals surface area contributed by atoms with Gasteiger partial charge in [0.15, 0.2) is 0 Å². The van der Waals surface area contributed by atoms with E-state index in [1.54, 1.807) is 0 Å². The Morgan fingerprint density at radius 3 is 1.96 bits per heavy atom. The summed E-state index contributed by atoms with van der Waals surface area (Å²) in [4.78, 5) is 0. The SMILES string of the molecule is CC#CC[C@H](C)[C@@H](/C=[CH]/[Sn]([CH2]CCC)([CH2]CCC)[CH2]CCC)OPP. The number of hydrogen-bond donors (Lipinski definition) is 0.